The molecule has 10 atom stereocenters. The first kappa shape index (κ1) is 24.5. The van der Waals surface area contributed by atoms with Crippen molar-refractivity contribution in [2.45, 2.75) is 112 Å². The lowest BCUT2D eigenvalue weighted by atomic mass is 9.46. The summed E-state index contributed by atoms with van der Waals surface area (Å²) in [7, 11) is 0. The monoisotopic (exact) mass is 444 g/mol. The molecule has 0 aromatic carbocycles. The van der Waals surface area contributed by atoms with Crippen molar-refractivity contribution in [3.05, 3.63) is 11.6 Å². The Morgan fingerprint density at radius 3 is 2.41 bits per heavy atom. The average Bonchev–Trinajstić information content (AvgIpc) is 3.07. The topological polar surface area (TPSA) is 57.5 Å². The van der Waals surface area contributed by atoms with E-state index in [-0.39, 0.29) is 29.5 Å². The van der Waals surface area contributed by atoms with Crippen LogP contribution in [0.4, 0.5) is 0 Å². The van der Waals surface area contributed by atoms with E-state index in [2.05, 4.69) is 41.5 Å². The molecule has 7 unspecified atom stereocenters. The molecule has 0 saturated heterocycles. The highest BCUT2D eigenvalue weighted by Gasteiger charge is 2.62. The minimum Gasteiger partial charge on any atom is -0.392 e. The molecule has 0 heterocycles. The lowest BCUT2D eigenvalue weighted by Crippen LogP contribution is -2.57. The second-order valence-corrected chi connectivity index (χ2v) is 12.9. The summed E-state index contributed by atoms with van der Waals surface area (Å²) in [4.78, 5) is 13.2. The summed E-state index contributed by atoms with van der Waals surface area (Å²) in [5, 5.41) is 21.5. The van der Waals surface area contributed by atoms with Gasteiger partial charge in [0.15, 0.2) is 0 Å². The van der Waals surface area contributed by atoms with E-state index < -0.39 is 17.6 Å². The molecule has 0 amide bonds. The van der Waals surface area contributed by atoms with Crippen molar-refractivity contribution >= 4 is 5.78 Å². The number of carbonyl (C=O) groups is 1. The minimum absolute atomic E-state index is 0.193. The molecule has 2 N–H and O–H groups in total. The number of fused-ring (bicyclic) bond motifs is 5. The first-order valence-electron chi connectivity index (χ1n) is 13.6. The van der Waals surface area contributed by atoms with E-state index in [4.69, 9.17) is 0 Å². The van der Waals surface area contributed by atoms with Crippen molar-refractivity contribution in [1.29, 1.82) is 0 Å². The molecule has 0 aliphatic heterocycles. The van der Waals surface area contributed by atoms with Crippen molar-refractivity contribution in [2.75, 3.05) is 0 Å². The highest BCUT2D eigenvalue weighted by atomic mass is 16.3. The van der Waals surface area contributed by atoms with E-state index in [1.54, 1.807) is 0 Å². The second-order valence-electron chi connectivity index (χ2n) is 12.9. The highest BCUT2D eigenvalue weighted by molar-refractivity contribution is 5.90. The maximum atomic E-state index is 13.2. The number of rotatable bonds is 6. The van der Waals surface area contributed by atoms with Gasteiger partial charge in [-0.2, -0.15) is 0 Å². The standard InChI is InChI=1S/C29H48O3/c1-7-19(17(2)3)9-8-18(4)22-10-11-23-27-24(12-13-28(22,23)5)29(6)20(15-25(27)31)14-21(30)16-26(29)32/h15,17-19,21-25,27,30-31H,7-14,16H2,1-6H3/t18?,19?,21-,22?,23?,24?,25?,27?,28-,29+/m1/s1. The molecule has 4 rings (SSSR count). The van der Waals surface area contributed by atoms with Crippen LogP contribution in [0.25, 0.3) is 0 Å². The zero-order valence-electron chi connectivity index (χ0n) is 21.4. The normalized spacial score (nSPS) is 45.7. The molecule has 4 aliphatic carbocycles. The van der Waals surface area contributed by atoms with Crippen LogP contribution in [-0.4, -0.2) is 28.2 Å². The molecule has 4 aliphatic rings. The molecule has 0 spiro atoms. The van der Waals surface area contributed by atoms with Crippen LogP contribution < -0.4 is 0 Å². The van der Waals surface area contributed by atoms with Gasteiger partial charge in [0.05, 0.1) is 17.6 Å². The van der Waals surface area contributed by atoms with Crippen LogP contribution in [0.2, 0.25) is 0 Å². The predicted molar refractivity (Wildman–Crippen MR) is 130 cm³/mol. The van der Waals surface area contributed by atoms with Gasteiger partial charge in [-0.3, -0.25) is 4.79 Å². The maximum absolute atomic E-state index is 13.2. The Labute approximate surface area is 196 Å². The summed E-state index contributed by atoms with van der Waals surface area (Å²) >= 11 is 0. The van der Waals surface area contributed by atoms with E-state index in [1.165, 1.54) is 38.5 Å². The first-order chi connectivity index (χ1) is 15.0. The van der Waals surface area contributed by atoms with Gasteiger partial charge < -0.3 is 10.2 Å². The quantitative estimate of drug-likeness (QED) is 0.481. The van der Waals surface area contributed by atoms with Crippen LogP contribution in [0.1, 0.15) is 99.3 Å². The molecule has 3 saturated carbocycles. The molecule has 32 heavy (non-hydrogen) atoms. The van der Waals surface area contributed by atoms with Crippen LogP contribution in [0.15, 0.2) is 11.6 Å². The minimum atomic E-state index is -0.575. The number of ketones is 1. The molecule has 3 nitrogen and oxygen atoms in total. The third-order valence-electron chi connectivity index (χ3n) is 11.2. The molecule has 3 heteroatoms. The molecule has 3 fully saturated rings. The summed E-state index contributed by atoms with van der Waals surface area (Å²) < 4.78 is 0. The summed E-state index contributed by atoms with van der Waals surface area (Å²) in [6, 6.07) is 0. The Kier molecular flexibility index (Phi) is 6.75. The van der Waals surface area contributed by atoms with E-state index in [9.17, 15) is 15.0 Å². The Hall–Kier alpha value is -0.670. The Morgan fingerprint density at radius 1 is 1.03 bits per heavy atom. The van der Waals surface area contributed by atoms with E-state index in [0.29, 0.717) is 12.3 Å². The smallest absolute Gasteiger partial charge is 0.145 e. The first-order valence-corrected chi connectivity index (χ1v) is 13.6. The van der Waals surface area contributed by atoms with Gasteiger partial charge in [0, 0.05) is 6.42 Å². The average molecular weight is 445 g/mol. The number of hydrogen-bond acceptors (Lipinski definition) is 3. The fourth-order valence-electron chi connectivity index (χ4n) is 9.15. The van der Waals surface area contributed by atoms with Crippen molar-refractivity contribution in [3.63, 3.8) is 0 Å². The lowest BCUT2D eigenvalue weighted by molar-refractivity contribution is -0.145. The fourth-order valence-corrected chi connectivity index (χ4v) is 9.15. The number of Topliss-reactive ketones (excluding diaryl/α,β-unsaturated/α-hetero) is 1. The van der Waals surface area contributed by atoms with Crippen LogP contribution in [0.3, 0.4) is 0 Å². The molecule has 0 aromatic heterocycles. The number of aliphatic hydroxyl groups is 2. The van der Waals surface area contributed by atoms with E-state index in [1.807, 2.05) is 6.08 Å². The lowest BCUT2D eigenvalue weighted by Gasteiger charge is -2.58. The van der Waals surface area contributed by atoms with E-state index >= 15 is 0 Å². The second kappa shape index (κ2) is 8.84. The van der Waals surface area contributed by atoms with Crippen molar-refractivity contribution in [3.8, 4) is 0 Å². The summed E-state index contributed by atoms with van der Waals surface area (Å²) in [6.45, 7) is 14.2. The molecule has 0 aromatic rings. The molecule has 0 radical (unpaired) electrons. The van der Waals surface area contributed by atoms with Gasteiger partial charge in [0.2, 0.25) is 0 Å². The predicted octanol–water partition coefficient (Wildman–Crippen LogP) is 6.17. The summed E-state index contributed by atoms with van der Waals surface area (Å²) in [6.07, 6.45) is 10.4. The summed E-state index contributed by atoms with van der Waals surface area (Å²) in [5.74, 6) is 4.18. The van der Waals surface area contributed by atoms with Crippen LogP contribution in [-0.2, 0) is 4.79 Å². The van der Waals surface area contributed by atoms with Crippen molar-refractivity contribution < 1.29 is 15.0 Å². The zero-order chi connectivity index (χ0) is 23.4. The highest BCUT2D eigenvalue weighted by Crippen LogP contribution is 2.66. The Morgan fingerprint density at radius 2 is 1.75 bits per heavy atom. The van der Waals surface area contributed by atoms with Crippen LogP contribution in [0, 0.1) is 52.3 Å². The fraction of sp³-hybridized carbons (Fsp3) is 0.897. The van der Waals surface area contributed by atoms with Gasteiger partial charge in [-0.1, -0.05) is 59.1 Å². The maximum Gasteiger partial charge on any atom is 0.145 e. The Bertz CT molecular complexity index is 741. The molecular formula is C29H48O3. The van der Waals surface area contributed by atoms with Crippen LogP contribution in [0.5, 0.6) is 0 Å². The van der Waals surface area contributed by atoms with Gasteiger partial charge in [-0.25, -0.2) is 0 Å². The van der Waals surface area contributed by atoms with Crippen LogP contribution >= 0.6 is 0 Å². The molecular weight excluding hydrogens is 396 g/mol. The van der Waals surface area contributed by atoms with Gasteiger partial charge in [-0.15, -0.1) is 0 Å². The van der Waals surface area contributed by atoms with Crippen molar-refractivity contribution in [2.24, 2.45) is 52.3 Å². The zero-order valence-corrected chi connectivity index (χ0v) is 21.4. The third-order valence-corrected chi connectivity index (χ3v) is 11.2. The largest absolute Gasteiger partial charge is 0.392 e. The molecule has 182 valence electrons. The van der Waals surface area contributed by atoms with Crippen molar-refractivity contribution in [1.82, 2.24) is 0 Å². The Balaban J connectivity index is 1.55. The SMILES string of the molecule is CCC(CCC(C)C1CCC2C3C(O)C=C4C[C@@H](O)CC(=O)[C@]4(C)C3CC[C@]12C)C(C)C. The number of aliphatic hydroxyl groups excluding tert-OH is 2. The van der Waals surface area contributed by atoms with Gasteiger partial charge in [-0.05, 0) is 92.3 Å². The van der Waals surface area contributed by atoms with Gasteiger partial charge in [0.25, 0.3) is 0 Å². The summed E-state index contributed by atoms with van der Waals surface area (Å²) in [5.41, 5.74) is 0.820. The van der Waals surface area contributed by atoms with Gasteiger partial charge in [0.1, 0.15) is 5.78 Å². The number of carbonyl (C=O) groups excluding carboxylic acids is 1. The van der Waals surface area contributed by atoms with E-state index in [0.717, 1.165) is 35.7 Å². The number of hydrogen-bond donors (Lipinski definition) is 2. The molecule has 0 bridgehead atoms. The van der Waals surface area contributed by atoms with Gasteiger partial charge >= 0.3 is 0 Å². The third kappa shape index (κ3) is 3.74.